The first-order valence-corrected chi connectivity index (χ1v) is 12.3. The fourth-order valence-electron chi connectivity index (χ4n) is 3.40. The van der Waals surface area contributed by atoms with Gasteiger partial charge in [0.15, 0.2) is 9.84 Å². The van der Waals surface area contributed by atoms with Crippen LogP contribution in [0.25, 0.3) is 0 Å². The maximum atomic E-state index is 12.4. The van der Waals surface area contributed by atoms with Crippen LogP contribution in [0, 0.1) is 5.92 Å². The zero-order valence-electron chi connectivity index (χ0n) is 15.0. The second-order valence-corrected chi connectivity index (χ2v) is 11.4. The molecule has 2 fully saturated rings. The van der Waals surface area contributed by atoms with Crippen LogP contribution in [-0.4, -0.2) is 81.6 Å². The molecule has 0 aromatic carbocycles. The van der Waals surface area contributed by atoms with Gasteiger partial charge in [0, 0.05) is 32.2 Å². The highest BCUT2D eigenvalue weighted by Gasteiger charge is 2.31. The normalized spacial score (nSPS) is 26.2. The molecule has 2 heterocycles. The smallest absolute Gasteiger partial charge is 0.317 e. The molecule has 0 aliphatic carbocycles. The summed E-state index contributed by atoms with van der Waals surface area (Å²) >= 11 is 0. The first kappa shape index (κ1) is 20.4. The molecule has 146 valence electrons. The van der Waals surface area contributed by atoms with Crippen LogP contribution >= 0.6 is 0 Å². The minimum atomic E-state index is -3.19. The summed E-state index contributed by atoms with van der Waals surface area (Å²) in [6.45, 7) is 5.14. The van der Waals surface area contributed by atoms with Crippen molar-refractivity contribution in [1.29, 1.82) is 0 Å². The molecule has 1 unspecified atom stereocenters. The Hall–Kier alpha value is -0.870. The van der Waals surface area contributed by atoms with Crippen LogP contribution in [0.3, 0.4) is 0 Å². The van der Waals surface area contributed by atoms with Gasteiger partial charge in [0.25, 0.3) is 0 Å². The lowest BCUT2D eigenvalue weighted by molar-refractivity contribution is 0.185. The van der Waals surface area contributed by atoms with Crippen LogP contribution in [0.1, 0.15) is 33.1 Å². The van der Waals surface area contributed by atoms with Crippen LogP contribution in [-0.2, 0) is 19.9 Å². The van der Waals surface area contributed by atoms with Crippen molar-refractivity contribution >= 4 is 25.9 Å². The van der Waals surface area contributed by atoms with Crippen molar-refractivity contribution in [1.82, 2.24) is 14.5 Å². The zero-order valence-corrected chi connectivity index (χ0v) is 16.6. The maximum absolute atomic E-state index is 12.4. The third-order valence-corrected chi connectivity index (χ3v) is 8.62. The average Bonchev–Trinajstić information content (AvgIpc) is 2.65. The molecule has 0 spiro atoms. The summed E-state index contributed by atoms with van der Waals surface area (Å²) in [5, 5.41) is 2.94. The van der Waals surface area contributed by atoms with E-state index >= 15 is 0 Å². The second-order valence-electron chi connectivity index (χ2n) is 7.10. The monoisotopic (exact) mass is 395 g/mol. The van der Waals surface area contributed by atoms with E-state index in [4.69, 9.17) is 0 Å². The molecule has 1 atom stereocenters. The van der Waals surface area contributed by atoms with Crippen molar-refractivity contribution in [2.75, 3.05) is 43.4 Å². The van der Waals surface area contributed by atoms with Crippen LogP contribution in [0.5, 0.6) is 0 Å². The molecule has 0 radical (unpaired) electrons. The topological polar surface area (TPSA) is 104 Å². The van der Waals surface area contributed by atoms with Gasteiger partial charge in [-0.3, -0.25) is 0 Å². The van der Waals surface area contributed by atoms with E-state index in [1.807, 2.05) is 13.8 Å². The van der Waals surface area contributed by atoms with E-state index in [9.17, 15) is 21.6 Å². The van der Waals surface area contributed by atoms with Crippen molar-refractivity contribution in [2.45, 2.75) is 39.2 Å². The highest BCUT2D eigenvalue weighted by atomic mass is 32.2. The molecule has 2 aliphatic heterocycles. The summed E-state index contributed by atoms with van der Waals surface area (Å²) in [5.74, 6) is 0.187. The van der Waals surface area contributed by atoms with Gasteiger partial charge in [0.05, 0.1) is 17.3 Å². The maximum Gasteiger partial charge on any atom is 0.317 e. The van der Waals surface area contributed by atoms with E-state index in [2.05, 4.69) is 5.32 Å². The number of nitrogens with zero attached hydrogens (tertiary/aromatic N) is 2. The number of amides is 2. The van der Waals surface area contributed by atoms with Crippen molar-refractivity contribution in [3.63, 3.8) is 0 Å². The number of carbonyl (C=O) groups is 1. The van der Waals surface area contributed by atoms with Crippen molar-refractivity contribution in [3.8, 4) is 0 Å². The molecule has 10 heteroatoms. The molecule has 25 heavy (non-hydrogen) atoms. The van der Waals surface area contributed by atoms with Crippen LogP contribution in [0.15, 0.2) is 0 Å². The van der Waals surface area contributed by atoms with E-state index in [1.54, 1.807) is 4.90 Å². The predicted octanol–water partition coefficient (Wildman–Crippen LogP) is 0.267. The van der Waals surface area contributed by atoms with Gasteiger partial charge < -0.3 is 10.2 Å². The molecule has 8 nitrogen and oxygen atoms in total. The third kappa shape index (κ3) is 5.82. The van der Waals surface area contributed by atoms with Crippen molar-refractivity contribution < 1.29 is 21.6 Å². The molecule has 2 saturated heterocycles. The largest absolute Gasteiger partial charge is 0.335 e. The SMILES string of the molecule is CCCS(=O)(=O)N1CCC(NC(=O)N2CCS(=O)(=O)CC(C)C2)CC1. The van der Waals surface area contributed by atoms with E-state index in [0.717, 1.165) is 0 Å². The van der Waals surface area contributed by atoms with Gasteiger partial charge in [-0.25, -0.2) is 25.9 Å². The second kappa shape index (κ2) is 8.22. The van der Waals surface area contributed by atoms with Gasteiger partial charge in [0.1, 0.15) is 0 Å². The first-order chi connectivity index (χ1) is 11.6. The van der Waals surface area contributed by atoms with E-state index < -0.39 is 19.9 Å². The number of sulfonamides is 1. The highest BCUT2D eigenvalue weighted by molar-refractivity contribution is 7.91. The highest BCUT2D eigenvalue weighted by Crippen LogP contribution is 2.16. The Bertz CT molecular complexity index is 669. The van der Waals surface area contributed by atoms with Gasteiger partial charge in [-0.15, -0.1) is 0 Å². The quantitative estimate of drug-likeness (QED) is 0.736. The van der Waals surface area contributed by atoms with Crippen molar-refractivity contribution in [3.05, 3.63) is 0 Å². The van der Waals surface area contributed by atoms with Crippen LogP contribution in [0.2, 0.25) is 0 Å². The van der Waals surface area contributed by atoms with Gasteiger partial charge in [-0.2, -0.15) is 0 Å². The van der Waals surface area contributed by atoms with Gasteiger partial charge in [-0.1, -0.05) is 13.8 Å². The number of nitrogens with one attached hydrogen (secondary N) is 1. The Morgan fingerprint density at radius 1 is 1.20 bits per heavy atom. The number of piperidine rings is 1. The third-order valence-electron chi connectivity index (χ3n) is 4.67. The lowest BCUT2D eigenvalue weighted by atomic mass is 10.1. The Morgan fingerprint density at radius 2 is 1.84 bits per heavy atom. The van der Waals surface area contributed by atoms with Crippen LogP contribution in [0.4, 0.5) is 4.79 Å². The number of hydrogen-bond acceptors (Lipinski definition) is 5. The number of rotatable bonds is 4. The molecule has 2 rings (SSSR count). The van der Waals surface area contributed by atoms with E-state index in [1.165, 1.54) is 4.31 Å². The number of hydrogen-bond donors (Lipinski definition) is 1. The molecule has 0 bridgehead atoms. The number of carbonyl (C=O) groups excluding carboxylic acids is 1. The molecule has 2 aliphatic rings. The van der Waals surface area contributed by atoms with E-state index in [0.29, 0.717) is 38.9 Å². The molecule has 0 saturated carbocycles. The minimum absolute atomic E-state index is 0.00152. The Labute approximate surface area is 150 Å². The molecule has 0 aromatic rings. The summed E-state index contributed by atoms with van der Waals surface area (Å²) in [7, 11) is -6.28. The fourth-order valence-corrected chi connectivity index (χ4v) is 6.58. The molecule has 1 N–H and O–H groups in total. The summed E-state index contributed by atoms with van der Waals surface area (Å²) in [6.07, 6.45) is 1.75. The Morgan fingerprint density at radius 3 is 2.44 bits per heavy atom. The first-order valence-electron chi connectivity index (χ1n) is 8.86. The van der Waals surface area contributed by atoms with Gasteiger partial charge >= 0.3 is 6.03 Å². The fraction of sp³-hybridized carbons (Fsp3) is 0.933. The predicted molar refractivity (Wildman–Crippen MR) is 96.6 cm³/mol. The lowest BCUT2D eigenvalue weighted by Gasteiger charge is -2.33. The summed E-state index contributed by atoms with van der Waals surface area (Å²) < 4.78 is 49.2. The Balaban J connectivity index is 1.86. The van der Waals surface area contributed by atoms with Crippen LogP contribution < -0.4 is 5.32 Å². The summed E-state index contributed by atoms with van der Waals surface area (Å²) in [5.41, 5.74) is 0. The average molecular weight is 396 g/mol. The summed E-state index contributed by atoms with van der Waals surface area (Å²) in [4.78, 5) is 14.0. The Kier molecular flexibility index (Phi) is 6.72. The zero-order chi connectivity index (χ0) is 18.7. The summed E-state index contributed by atoms with van der Waals surface area (Å²) in [6, 6.07) is -0.324. The molecule has 2 amide bonds. The van der Waals surface area contributed by atoms with Gasteiger partial charge in [0.2, 0.25) is 10.0 Å². The standard InChI is InChI=1S/C15H29N3O5S2/c1-3-9-25(22,23)18-6-4-14(5-7-18)16-15(19)17-8-10-24(20,21)12-13(2)11-17/h13-14H,3-12H2,1-2H3,(H,16,19). The number of sulfone groups is 1. The number of urea groups is 1. The molecular formula is C15H29N3O5S2. The van der Waals surface area contributed by atoms with Crippen molar-refractivity contribution in [2.24, 2.45) is 5.92 Å². The minimum Gasteiger partial charge on any atom is -0.335 e. The molecular weight excluding hydrogens is 366 g/mol. The van der Waals surface area contributed by atoms with Gasteiger partial charge in [-0.05, 0) is 25.2 Å². The molecule has 0 aromatic heterocycles. The van der Waals surface area contributed by atoms with E-state index in [-0.39, 0.29) is 41.8 Å². The lowest BCUT2D eigenvalue weighted by Crippen LogP contribution is -2.51.